The molecule has 5 nitrogen and oxygen atoms in total. The van der Waals surface area contributed by atoms with Gasteiger partial charge < -0.3 is 16.0 Å². The predicted octanol–water partition coefficient (Wildman–Crippen LogP) is 3.90. The number of para-hydroxylation sites is 2. The Bertz CT molecular complexity index is 810. The van der Waals surface area contributed by atoms with Gasteiger partial charge in [-0.25, -0.2) is 4.79 Å². The SMILES string of the molecule is O=C(NC1=CC=CC1)Nc1ccccc1NC(=O)c1ccccc1. The average molecular weight is 319 g/mol. The van der Waals surface area contributed by atoms with Crippen molar-refractivity contribution < 1.29 is 9.59 Å². The van der Waals surface area contributed by atoms with Crippen LogP contribution in [0.5, 0.6) is 0 Å². The molecule has 1 aliphatic carbocycles. The Labute approximate surface area is 140 Å². The van der Waals surface area contributed by atoms with E-state index in [1.807, 2.05) is 24.3 Å². The van der Waals surface area contributed by atoms with Crippen LogP contribution in [-0.4, -0.2) is 11.9 Å². The van der Waals surface area contributed by atoms with Crippen molar-refractivity contribution in [2.75, 3.05) is 10.6 Å². The van der Waals surface area contributed by atoms with Crippen molar-refractivity contribution in [1.29, 1.82) is 0 Å². The van der Waals surface area contributed by atoms with Gasteiger partial charge >= 0.3 is 6.03 Å². The molecule has 1 aliphatic rings. The number of benzene rings is 2. The third-order valence-corrected chi connectivity index (χ3v) is 3.50. The Hall–Kier alpha value is -3.34. The van der Waals surface area contributed by atoms with Crippen LogP contribution in [0.3, 0.4) is 0 Å². The highest BCUT2D eigenvalue weighted by molar-refractivity contribution is 6.07. The normalized spacial score (nSPS) is 12.4. The minimum absolute atomic E-state index is 0.229. The average Bonchev–Trinajstić information content (AvgIpc) is 3.10. The minimum atomic E-state index is -0.341. The number of hydrogen-bond donors (Lipinski definition) is 3. The molecule has 3 rings (SSSR count). The zero-order valence-electron chi connectivity index (χ0n) is 13.0. The van der Waals surface area contributed by atoms with Crippen molar-refractivity contribution in [2.24, 2.45) is 0 Å². The highest BCUT2D eigenvalue weighted by atomic mass is 16.2. The first-order chi connectivity index (χ1) is 11.7. The summed E-state index contributed by atoms with van der Waals surface area (Å²) in [6.07, 6.45) is 6.41. The summed E-state index contributed by atoms with van der Waals surface area (Å²) in [5.74, 6) is -0.229. The van der Waals surface area contributed by atoms with Crippen LogP contribution < -0.4 is 16.0 Å². The Morgan fingerprint density at radius 3 is 2.12 bits per heavy atom. The lowest BCUT2D eigenvalue weighted by atomic mass is 10.2. The van der Waals surface area contributed by atoms with Gasteiger partial charge in [-0.2, -0.15) is 0 Å². The molecule has 0 fully saturated rings. The van der Waals surface area contributed by atoms with Crippen LogP contribution in [0.25, 0.3) is 0 Å². The molecule has 0 aromatic heterocycles. The Morgan fingerprint density at radius 1 is 0.792 bits per heavy atom. The second kappa shape index (κ2) is 7.28. The van der Waals surface area contributed by atoms with Crippen LogP contribution in [0.15, 0.2) is 78.5 Å². The van der Waals surface area contributed by atoms with E-state index in [1.54, 1.807) is 48.5 Å². The van der Waals surface area contributed by atoms with Gasteiger partial charge in [0.05, 0.1) is 11.4 Å². The quantitative estimate of drug-likeness (QED) is 0.800. The Morgan fingerprint density at radius 2 is 1.46 bits per heavy atom. The summed E-state index contributed by atoms with van der Waals surface area (Å²) in [6, 6.07) is 15.7. The second-order valence-corrected chi connectivity index (χ2v) is 5.27. The molecule has 0 unspecified atom stereocenters. The molecule has 3 amide bonds. The summed E-state index contributed by atoms with van der Waals surface area (Å²) >= 11 is 0. The van der Waals surface area contributed by atoms with Gasteiger partial charge in [-0.3, -0.25) is 4.79 Å². The topological polar surface area (TPSA) is 70.2 Å². The van der Waals surface area contributed by atoms with Crippen molar-refractivity contribution in [2.45, 2.75) is 6.42 Å². The smallest absolute Gasteiger partial charge is 0.320 e. The maximum absolute atomic E-state index is 12.3. The Kier molecular flexibility index (Phi) is 4.72. The number of anilines is 2. The van der Waals surface area contributed by atoms with Gasteiger partial charge in [0.15, 0.2) is 0 Å². The van der Waals surface area contributed by atoms with Crippen molar-refractivity contribution in [3.8, 4) is 0 Å². The molecule has 3 N–H and O–H groups in total. The van der Waals surface area contributed by atoms with Gasteiger partial charge in [-0.05, 0) is 30.3 Å². The predicted molar refractivity (Wildman–Crippen MR) is 94.8 cm³/mol. The fourth-order valence-corrected chi connectivity index (χ4v) is 2.32. The molecular formula is C19H17N3O2. The van der Waals surface area contributed by atoms with Gasteiger partial charge in [-0.15, -0.1) is 0 Å². The number of amides is 3. The summed E-state index contributed by atoms with van der Waals surface area (Å²) in [4.78, 5) is 24.3. The third-order valence-electron chi connectivity index (χ3n) is 3.50. The van der Waals surface area contributed by atoms with E-state index >= 15 is 0 Å². The first kappa shape index (κ1) is 15.6. The number of urea groups is 1. The summed E-state index contributed by atoms with van der Waals surface area (Å²) in [5.41, 5.74) is 2.46. The van der Waals surface area contributed by atoms with Crippen molar-refractivity contribution >= 4 is 23.3 Å². The van der Waals surface area contributed by atoms with Crippen molar-refractivity contribution in [1.82, 2.24) is 5.32 Å². The lowest BCUT2D eigenvalue weighted by Crippen LogP contribution is -2.28. The van der Waals surface area contributed by atoms with Crippen molar-refractivity contribution in [3.05, 3.63) is 84.1 Å². The minimum Gasteiger partial charge on any atom is -0.320 e. The molecule has 0 bridgehead atoms. The lowest BCUT2D eigenvalue weighted by Gasteiger charge is -2.13. The molecule has 5 heteroatoms. The molecule has 0 saturated heterocycles. The van der Waals surface area contributed by atoms with Gasteiger partial charge in [0.2, 0.25) is 0 Å². The molecule has 0 radical (unpaired) electrons. The maximum atomic E-state index is 12.3. The van der Waals surface area contributed by atoms with Crippen LogP contribution in [0.4, 0.5) is 16.2 Å². The second-order valence-electron chi connectivity index (χ2n) is 5.27. The molecular weight excluding hydrogens is 302 g/mol. The van der Waals surface area contributed by atoms with E-state index in [2.05, 4.69) is 16.0 Å². The fraction of sp³-hybridized carbons (Fsp3) is 0.0526. The zero-order chi connectivity index (χ0) is 16.8. The van der Waals surface area contributed by atoms with E-state index in [-0.39, 0.29) is 11.9 Å². The lowest BCUT2D eigenvalue weighted by molar-refractivity contribution is 0.102. The standard InChI is InChI=1S/C19H17N3O2/c23-18(14-8-2-1-3-9-14)21-16-12-6-7-13-17(16)22-19(24)20-15-10-4-5-11-15/h1-10,12-13H,11H2,(H,21,23)(H2,20,22,24). The number of carbonyl (C=O) groups excluding carboxylic acids is 2. The first-order valence-electron chi connectivity index (χ1n) is 7.61. The number of rotatable bonds is 4. The fourth-order valence-electron chi connectivity index (χ4n) is 2.32. The number of hydrogen-bond acceptors (Lipinski definition) is 2. The zero-order valence-corrected chi connectivity index (χ0v) is 13.0. The molecule has 0 aliphatic heterocycles. The van der Waals surface area contributed by atoms with E-state index in [4.69, 9.17) is 0 Å². The summed E-state index contributed by atoms with van der Waals surface area (Å²) < 4.78 is 0. The van der Waals surface area contributed by atoms with Crippen LogP contribution >= 0.6 is 0 Å². The molecule has 0 saturated carbocycles. The molecule has 2 aromatic rings. The molecule has 2 aromatic carbocycles. The van der Waals surface area contributed by atoms with Crippen molar-refractivity contribution in [3.63, 3.8) is 0 Å². The molecule has 0 atom stereocenters. The number of allylic oxidation sites excluding steroid dienone is 3. The summed E-state index contributed by atoms with van der Waals surface area (Å²) in [5, 5.41) is 8.35. The monoisotopic (exact) mass is 319 g/mol. The van der Waals surface area contributed by atoms with E-state index in [0.717, 1.165) is 5.70 Å². The van der Waals surface area contributed by atoms with Gasteiger partial charge in [0.1, 0.15) is 0 Å². The molecule has 0 heterocycles. The van der Waals surface area contributed by atoms with Crippen LogP contribution in [-0.2, 0) is 0 Å². The molecule has 24 heavy (non-hydrogen) atoms. The van der Waals surface area contributed by atoms with Crippen LogP contribution in [0.1, 0.15) is 16.8 Å². The van der Waals surface area contributed by atoms with E-state index in [1.165, 1.54) is 0 Å². The van der Waals surface area contributed by atoms with Gasteiger partial charge in [0, 0.05) is 17.7 Å². The molecule has 120 valence electrons. The maximum Gasteiger partial charge on any atom is 0.323 e. The van der Waals surface area contributed by atoms with Gasteiger partial charge in [0.25, 0.3) is 5.91 Å². The van der Waals surface area contributed by atoms with E-state index < -0.39 is 0 Å². The third kappa shape index (κ3) is 3.89. The first-order valence-corrected chi connectivity index (χ1v) is 7.61. The van der Waals surface area contributed by atoms with Crippen LogP contribution in [0, 0.1) is 0 Å². The van der Waals surface area contributed by atoms with E-state index in [9.17, 15) is 9.59 Å². The van der Waals surface area contributed by atoms with Crippen LogP contribution in [0.2, 0.25) is 0 Å². The van der Waals surface area contributed by atoms with Gasteiger partial charge in [-0.1, -0.05) is 42.5 Å². The Balaban J connectivity index is 1.68. The number of nitrogens with one attached hydrogen (secondary N) is 3. The highest BCUT2D eigenvalue weighted by Crippen LogP contribution is 2.22. The van der Waals surface area contributed by atoms with E-state index in [0.29, 0.717) is 23.4 Å². The largest absolute Gasteiger partial charge is 0.323 e. The summed E-state index contributed by atoms with van der Waals surface area (Å²) in [6.45, 7) is 0. The molecule has 0 spiro atoms. The number of carbonyl (C=O) groups is 2. The summed E-state index contributed by atoms with van der Waals surface area (Å²) in [7, 11) is 0. The highest BCUT2D eigenvalue weighted by Gasteiger charge is 2.11.